The summed E-state index contributed by atoms with van der Waals surface area (Å²) < 4.78 is 2.31. The molecule has 0 spiro atoms. The maximum Gasteiger partial charge on any atom is 0.146 e. The first-order valence-electron chi connectivity index (χ1n) is 16.0. The van der Waals surface area contributed by atoms with Crippen molar-refractivity contribution < 1.29 is 0 Å². The van der Waals surface area contributed by atoms with Crippen molar-refractivity contribution in [3.8, 4) is 22.4 Å². The zero-order valence-electron chi connectivity index (χ0n) is 27.8. The number of hydrogen-bond acceptors (Lipinski definition) is 1. The molecule has 0 aliphatic heterocycles. The number of fused-ring (bicyclic) bond motifs is 6. The fourth-order valence-electron chi connectivity index (χ4n) is 5.97. The molecule has 6 aromatic rings. The molecule has 0 saturated carbocycles. The van der Waals surface area contributed by atoms with Gasteiger partial charge in [-0.2, -0.15) is 0 Å². The predicted octanol–water partition coefficient (Wildman–Crippen LogP) is 12.5. The normalized spacial score (nSPS) is 11.2. The summed E-state index contributed by atoms with van der Waals surface area (Å²) in [6.07, 6.45) is 3.30. The minimum atomic E-state index is 0.434. The van der Waals surface area contributed by atoms with Gasteiger partial charge < -0.3 is 0 Å². The first-order chi connectivity index (χ1) is 20.5. The van der Waals surface area contributed by atoms with E-state index < -0.39 is 0 Å². The fourth-order valence-corrected chi connectivity index (χ4v) is 5.97. The third-order valence-corrected chi connectivity index (χ3v) is 7.76. The highest BCUT2D eigenvalue weighted by molar-refractivity contribution is 6.19. The van der Waals surface area contributed by atoms with E-state index in [0.29, 0.717) is 5.92 Å². The zero-order chi connectivity index (χ0) is 31.0. The Hall–Kier alpha value is -3.91. The molecule has 0 N–H and O–H groups in total. The summed E-state index contributed by atoms with van der Waals surface area (Å²) in [5.74, 6) is 0.434. The summed E-state index contributed by atoms with van der Waals surface area (Å²) in [6.45, 7) is 23.3. The molecule has 0 bridgehead atoms. The average molecular weight is 559 g/mol. The van der Waals surface area contributed by atoms with Crippen molar-refractivity contribution in [3.63, 3.8) is 0 Å². The second-order valence-electron chi connectivity index (χ2n) is 10.2. The Morgan fingerprint density at radius 1 is 0.714 bits per heavy atom. The number of nitrogens with zero attached hydrogens (tertiary/aromatic N) is 2. The van der Waals surface area contributed by atoms with E-state index in [1.165, 1.54) is 55.1 Å². The van der Waals surface area contributed by atoms with Gasteiger partial charge in [-0.05, 0) is 67.0 Å². The molecule has 220 valence electrons. The van der Waals surface area contributed by atoms with Gasteiger partial charge in [-0.25, -0.2) is 4.98 Å². The molecule has 4 aromatic carbocycles. The highest BCUT2D eigenvalue weighted by atomic mass is 15.0. The van der Waals surface area contributed by atoms with E-state index in [9.17, 15) is 0 Å². The summed E-state index contributed by atoms with van der Waals surface area (Å²) in [5, 5.41) is 3.87. The SMILES string of the molecule is CC.CC.CC.CCC(C)c1ccc(-c2c(C)cc(C)cc2C)c2c3ccccc3n3cc(-c4ccccc4)nc3c12. The molecule has 0 aliphatic carbocycles. The lowest BCUT2D eigenvalue weighted by Gasteiger charge is -2.21. The first kappa shape index (κ1) is 32.6. The van der Waals surface area contributed by atoms with E-state index in [1.54, 1.807) is 0 Å². The molecule has 0 radical (unpaired) electrons. The molecule has 0 fully saturated rings. The lowest BCUT2D eigenvalue weighted by Crippen LogP contribution is -2.00. The van der Waals surface area contributed by atoms with Crippen LogP contribution in [-0.2, 0) is 0 Å². The van der Waals surface area contributed by atoms with Crippen molar-refractivity contribution in [2.45, 2.75) is 88.5 Å². The van der Waals surface area contributed by atoms with E-state index in [1.807, 2.05) is 41.5 Å². The third kappa shape index (κ3) is 6.00. The van der Waals surface area contributed by atoms with Gasteiger partial charge in [0.2, 0.25) is 0 Å². The van der Waals surface area contributed by atoms with Crippen LogP contribution in [0.5, 0.6) is 0 Å². The van der Waals surface area contributed by atoms with Gasteiger partial charge in [0.05, 0.1) is 11.2 Å². The highest BCUT2D eigenvalue weighted by Crippen LogP contribution is 2.43. The smallest absolute Gasteiger partial charge is 0.146 e. The van der Waals surface area contributed by atoms with E-state index in [0.717, 1.165) is 23.3 Å². The number of imidazole rings is 1. The van der Waals surface area contributed by atoms with E-state index in [-0.39, 0.29) is 0 Å². The average Bonchev–Trinajstić information content (AvgIpc) is 3.49. The molecule has 2 aromatic heterocycles. The standard InChI is InChI=1S/C34H32N2.3C2H6/c1-6-22(3)26-16-17-28(31-23(4)18-21(2)19-24(31)5)32-27-14-10-11-15-30(27)36-20-29(35-34(36)33(26)32)25-12-8-7-9-13-25;3*1-2/h7-20,22H,6H2,1-5H3;3*1-2H3. The van der Waals surface area contributed by atoms with Crippen LogP contribution in [0.4, 0.5) is 0 Å². The zero-order valence-corrected chi connectivity index (χ0v) is 27.8. The van der Waals surface area contributed by atoms with Crippen LogP contribution in [0.3, 0.4) is 0 Å². The van der Waals surface area contributed by atoms with Crippen LogP contribution in [0.15, 0.2) is 85.1 Å². The van der Waals surface area contributed by atoms with Gasteiger partial charge >= 0.3 is 0 Å². The molecule has 1 atom stereocenters. The van der Waals surface area contributed by atoms with Crippen molar-refractivity contribution in [2.75, 3.05) is 0 Å². The summed E-state index contributed by atoms with van der Waals surface area (Å²) in [5.41, 5.74) is 12.4. The number of aryl methyl sites for hydroxylation is 3. The minimum absolute atomic E-state index is 0.434. The van der Waals surface area contributed by atoms with Crippen LogP contribution in [0.2, 0.25) is 0 Å². The number of pyridine rings is 1. The minimum Gasteiger partial charge on any atom is -0.298 e. The Balaban J connectivity index is 0.000000760. The van der Waals surface area contributed by atoms with E-state index in [2.05, 4.69) is 124 Å². The third-order valence-electron chi connectivity index (χ3n) is 7.76. The van der Waals surface area contributed by atoms with Crippen molar-refractivity contribution in [2.24, 2.45) is 0 Å². The summed E-state index contributed by atoms with van der Waals surface area (Å²) in [7, 11) is 0. The monoisotopic (exact) mass is 558 g/mol. The second kappa shape index (κ2) is 14.8. The van der Waals surface area contributed by atoms with Gasteiger partial charge in [-0.1, -0.05) is 134 Å². The summed E-state index contributed by atoms with van der Waals surface area (Å²) in [4.78, 5) is 5.30. The van der Waals surface area contributed by atoms with Crippen LogP contribution >= 0.6 is 0 Å². The molecule has 0 aliphatic rings. The van der Waals surface area contributed by atoms with Gasteiger partial charge in [-0.3, -0.25) is 4.40 Å². The van der Waals surface area contributed by atoms with Crippen molar-refractivity contribution >= 4 is 27.3 Å². The van der Waals surface area contributed by atoms with E-state index in [4.69, 9.17) is 4.98 Å². The Morgan fingerprint density at radius 2 is 1.31 bits per heavy atom. The number of benzene rings is 4. The molecule has 1 unspecified atom stereocenters. The van der Waals surface area contributed by atoms with Gasteiger partial charge in [0.25, 0.3) is 0 Å². The summed E-state index contributed by atoms with van der Waals surface area (Å²) in [6, 6.07) is 28.7. The maximum absolute atomic E-state index is 5.30. The molecule has 2 nitrogen and oxygen atoms in total. The Morgan fingerprint density at radius 3 is 1.93 bits per heavy atom. The van der Waals surface area contributed by atoms with Crippen molar-refractivity contribution in [3.05, 3.63) is 107 Å². The predicted molar refractivity (Wildman–Crippen MR) is 188 cm³/mol. The van der Waals surface area contributed by atoms with Crippen LogP contribution in [0.1, 0.15) is 90.0 Å². The van der Waals surface area contributed by atoms with Gasteiger partial charge in [0.15, 0.2) is 0 Å². The Labute approximate surface area is 254 Å². The first-order valence-corrected chi connectivity index (χ1v) is 16.0. The number of rotatable bonds is 4. The lowest BCUT2D eigenvalue weighted by molar-refractivity contribution is 0.740. The van der Waals surface area contributed by atoms with E-state index >= 15 is 0 Å². The topological polar surface area (TPSA) is 17.3 Å². The maximum atomic E-state index is 5.30. The largest absolute Gasteiger partial charge is 0.298 e. The van der Waals surface area contributed by atoms with Crippen LogP contribution in [0, 0.1) is 20.8 Å². The molecule has 0 saturated heterocycles. The van der Waals surface area contributed by atoms with Gasteiger partial charge in [0, 0.05) is 27.9 Å². The number of hydrogen-bond donors (Lipinski definition) is 0. The van der Waals surface area contributed by atoms with Crippen molar-refractivity contribution in [1.82, 2.24) is 9.38 Å². The molecular formula is C40H50N2. The fraction of sp³-hybridized carbons (Fsp3) is 0.325. The van der Waals surface area contributed by atoms with Crippen LogP contribution < -0.4 is 0 Å². The quantitative estimate of drug-likeness (QED) is 0.197. The Kier molecular flexibility index (Phi) is 11.5. The Bertz CT molecular complexity index is 1730. The lowest BCUT2D eigenvalue weighted by atomic mass is 9.85. The van der Waals surface area contributed by atoms with Gasteiger partial charge in [-0.15, -0.1) is 0 Å². The molecule has 6 rings (SSSR count). The van der Waals surface area contributed by atoms with Gasteiger partial charge in [0.1, 0.15) is 5.65 Å². The summed E-state index contributed by atoms with van der Waals surface area (Å²) >= 11 is 0. The molecular weight excluding hydrogens is 508 g/mol. The molecule has 2 heteroatoms. The van der Waals surface area contributed by atoms with Crippen molar-refractivity contribution in [1.29, 1.82) is 0 Å². The highest BCUT2D eigenvalue weighted by Gasteiger charge is 2.21. The molecule has 2 heterocycles. The van der Waals surface area contributed by atoms with Crippen LogP contribution in [-0.4, -0.2) is 9.38 Å². The molecule has 42 heavy (non-hydrogen) atoms. The molecule has 0 amide bonds. The number of para-hydroxylation sites is 1. The second-order valence-corrected chi connectivity index (χ2v) is 10.2. The number of aromatic nitrogens is 2. The van der Waals surface area contributed by atoms with Crippen LogP contribution in [0.25, 0.3) is 49.7 Å².